The van der Waals surface area contributed by atoms with Crippen molar-refractivity contribution in [3.05, 3.63) is 52.4 Å². The Morgan fingerprint density at radius 1 is 1.36 bits per heavy atom. The minimum Gasteiger partial charge on any atom is -0.351 e. The smallest absolute Gasteiger partial charge is 0.183 e. The average Bonchev–Trinajstić information content (AvgIpc) is 2.46. The van der Waals surface area contributed by atoms with Crippen LogP contribution in [0.3, 0.4) is 0 Å². The first-order valence-electron chi connectivity index (χ1n) is 7.08. The van der Waals surface area contributed by atoms with Crippen molar-refractivity contribution in [1.29, 1.82) is 5.26 Å². The number of aromatic nitrogens is 2. The summed E-state index contributed by atoms with van der Waals surface area (Å²) in [4.78, 5) is 12.8. The van der Waals surface area contributed by atoms with Crippen molar-refractivity contribution in [3.63, 3.8) is 0 Å². The first kappa shape index (κ1) is 14.9. The highest BCUT2D eigenvalue weighted by Crippen LogP contribution is 2.24. The number of nitrogens with zero attached hydrogens (tertiary/aromatic N) is 5. The molecule has 5 nitrogen and oxygen atoms in total. The molecular formula is C16H16BrN5. The summed E-state index contributed by atoms with van der Waals surface area (Å²) >= 11 is 3.50. The van der Waals surface area contributed by atoms with Gasteiger partial charge in [0.25, 0.3) is 0 Å². The highest BCUT2D eigenvalue weighted by molar-refractivity contribution is 9.10. The number of benzene rings is 1. The van der Waals surface area contributed by atoms with Crippen molar-refractivity contribution in [2.75, 3.05) is 25.0 Å². The monoisotopic (exact) mass is 357 g/mol. The van der Waals surface area contributed by atoms with Crippen LogP contribution in [0.4, 0.5) is 5.82 Å². The number of nitriles is 1. The summed E-state index contributed by atoms with van der Waals surface area (Å²) in [5, 5.41) is 9.09. The topological polar surface area (TPSA) is 56.1 Å². The molecule has 1 aromatic carbocycles. The SMILES string of the molecule is CN(Cc1cccc(Br)c1)C1CN(c2nccnc2C#N)C1. The second kappa shape index (κ2) is 6.42. The molecule has 0 radical (unpaired) electrons. The van der Waals surface area contributed by atoms with Crippen LogP contribution in [0, 0.1) is 11.3 Å². The molecule has 1 aliphatic heterocycles. The lowest BCUT2D eigenvalue weighted by atomic mass is 10.1. The van der Waals surface area contributed by atoms with Gasteiger partial charge in [-0.2, -0.15) is 5.26 Å². The van der Waals surface area contributed by atoms with Gasteiger partial charge in [0.15, 0.2) is 11.5 Å². The van der Waals surface area contributed by atoms with Crippen LogP contribution >= 0.6 is 15.9 Å². The van der Waals surface area contributed by atoms with Crippen molar-refractivity contribution in [2.45, 2.75) is 12.6 Å². The van der Waals surface area contributed by atoms with Crippen molar-refractivity contribution in [2.24, 2.45) is 0 Å². The molecule has 22 heavy (non-hydrogen) atoms. The highest BCUT2D eigenvalue weighted by Gasteiger charge is 2.32. The number of likely N-dealkylation sites (N-methyl/N-ethyl adjacent to an activating group) is 1. The van der Waals surface area contributed by atoms with Gasteiger partial charge in [0.05, 0.1) is 0 Å². The maximum absolute atomic E-state index is 9.09. The van der Waals surface area contributed by atoms with Gasteiger partial charge < -0.3 is 4.90 Å². The number of hydrogen-bond acceptors (Lipinski definition) is 5. The Balaban J connectivity index is 1.60. The second-order valence-corrected chi connectivity index (χ2v) is 6.36. The molecule has 0 amide bonds. The van der Waals surface area contributed by atoms with Gasteiger partial charge in [0, 0.05) is 42.5 Å². The Kier molecular flexibility index (Phi) is 4.36. The Bertz CT molecular complexity index is 706. The summed E-state index contributed by atoms with van der Waals surface area (Å²) in [6.45, 7) is 2.65. The molecule has 1 aliphatic rings. The van der Waals surface area contributed by atoms with Crippen LogP contribution in [0.2, 0.25) is 0 Å². The molecular weight excluding hydrogens is 342 g/mol. The summed E-state index contributed by atoms with van der Waals surface area (Å²) in [5.41, 5.74) is 1.68. The number of halogens is 1. The van der Waals surface area contributed by atoms with Gasteiger partial charge in [-0.1, -0.05) is 28.1 Å². The van der Waals surface area contributed by atoms with Crippen molar-refractivity contribution in [1.82, 2.24) is 14.9 Å². The molecule has 0 atom stereocenters. The zero-order valence-corrected chi connectivity index (χ0v) is 13.9. The third kappa shape index (κ3) is 3.11. The van der Waals surface area contributed by atoms with Crippen molar-refractivity contribution < 1.29 is 0 Å². The zero-order chi connectivity index (χ0) is 15.5. The Morgan fingerprint density at radius 3 is 2.86 bits per heavy atom. The minimum absolute atomic E-state index is 0.399. The zero-order valence-electron chi connectivity index (χ0n) is 12.3. The van der Waals surface area contributed by atoms with Crippen LogP contribution in [0.25, 0.3) is 0 Å². The van der Waals surface area contributed by atoms with Gasteiger partial charge in [-0.25, -0.2) is 9.97 Å². The van der Waals surface area contributed by atoms with Gasteiger partial charge in [-0.3, -0.25) is 4.90 Å². The first-order valence-corrected chi connectivity index (χ1v) is 7.87. The highest BCUT2D eigenvalue weighted by atomic mass is 79.9. The largest absolute Gasteiger partial charge is 0.351 e. The summed E-state index contributed by atoms with van der Waals surface area (Å²) < 4.78 is 1.10. The Labute approximate surface area is 138 Å². The third-order valence-electron chi connectivity index (χ3n) is 3.89. The first-order chi connectivity index (χ1) is 10.7. The van der Waals surface area contributed by atoms with E-state index in [1.807, 2.05) is 6.07 Å². The maximum Gasteiger partial charge on any atom is 0.183 e. The van der Waals surface area contributed by atoms with E-state index in [2.05, 4.69) is 67.0 Å². The summed E-state index contributed by atoms with van der Waals surface area (Å²) in [7, 11) is 2.13. The fraction of sp³-hybridized carbons (Fsp3) is 0.312. The van der Waals surface area contributed by atoms with Crippen molar-refractivity contribution >= 4 is 21.7 Å². The molecule has 0 bridgehead atoms. The average molecular weight is 358 g/mol. The molecule has 1 saturated heterocycles. The predicted octanol–water partition coefficient (Wildman–Crippen LogP) is 2.43. The van der Waals surface area contributed by atoms with E-state index in [-0.39, 0.29) is 0 Å². The van der Waals surface area contributed by atoms with E-state index in [1.54, 1.807) is 12.4 Å². The molecule has 2 heterocycles. The molecule has 0 aliphatic carbocycles. The van der Waals surface area contributed by atoms with Crippen molar-refractivity contribution in [3.8, 4) is 6.07 Å². The van der Waals surface area contributed by atoms with Gasteiger partial charge in [-0.15, -0.1) is 0 Å². The van der Waals surface area contributed by atoms with E-state index >= 15 is 0 Å². The molecule has 6 heteroatoms. The fourth-order valence-corrected chi connectivity index (χ4v) is 3.05. The summed E-state index contributed by atoms with van der Waals surface area (Å²) in [5.74, 6) is 0.692. The summed E-state index contributed by atoms with van der Waals surface area (Å²) in [6.07, 6.45) is 3.19. The number of anilines is 1. The van der Waals surface area contributed by atoms with Gasteiger partial charge in [0.1, 0.15) is 6.07 Å². The fourth-order valence-electron chi connectivity index (χ4n) is 2.60. The molecule has 1 fully saturated rings. The summed E-state index contributed by atoms with van der Waals surface area (Å²) in [6, 6.07) is 10.9. The number of hydrogen-bond donors (Lipinski definition) is 0. The normalized spacial score (nSPS) is 14.7. The molecule has 0 N–H and O–H groups in total. The lowest BCUT2D eigenvalue weighted by molar-refractivity contribution is 0.196. The molecule has 112 valence electrons. The molecule has 2 aromatic rings. The van der Waals surface area contributed by atoms with E-state index in [9.17, 15) is 0 Å². The van der Waals surface area contributed by atoms with Gasteiger partial charge >= 0.3 is 0 Å². The van der Waals surface area contributed by atoms with Crippen LogP contribution in [0.15, 0.2) is 41.1 Å². The van der Waals surface area contributed by atoms with E-state index in [1.165, 1.54) is 5.56 Å². The van der Waals surface area contributed by atoms with E-state index in [4.69, 9.17) is 5.26 Å². The van der Waals surface area contributed by atoms with Crippen LogP contribution in [0.5, 0.6) is 0 Å². The second-order valence-electron chi connectivity index (χ2n) is 5.44. The predicted molar refractivity (Wildman–Crippen MR) is 88.4 cm³/mol. The lowest BCUT2D eigenvalue weighted by Crippen LogP contribution is -2.58. The Hall–Kier alpha value is -1.97. The molecule has 0 spiro atoms. The lowest BCUT2D eigenvalue weighted by Gasteiger charge is -2.44. The van der Waals surface area contributed by atoms with E-state index in [0.717, 1.165) is 24.1 Å². The van der Waals surface area contributed by atoms with Gasteiger partial charge in [0.2, 0.25) is 0 Å². The molecule has 0 saturated carbocycles. The van der Waals surface area contributed by atoms with Crippen LogP contribution in [0.1, 0.15) is 11.3 Å². The van der Waals surface area contributed by atoms with Crippen LogP contribution in [-0.2, 0) is 6.54 Å². The van der Waals surface area contributed by atoms with E-state index < -0.39 is 0 Å². The number of rotatable bonds is 4. The minimum atomic E-state index is 0.399. The quantitative estimate of drug-likeness (QED) is 0.840. The van der Waals surface area contributed by atoms with Gasteiger partial charge in [-0.05, 0) is 24.7 Å². The van der Waals surface area contributed by atoms with Crippen LogP contribution < -0.4 is 4.90 Å². The third-order valence-corrected chi connectivity index (χ3v) is 4.38. The Morgan fingerprint density at radius 2 is 2.14 bits per heavy atom. The molecule has 1 aromatic heterocycles. The van der Waals surface area contributed by atoms with E-state index in [0.29, 0.717) is 17.6 Å². The maximum atomic E-state index is 9.09. The molecule has 0 unspecified atom stereocenters. The molecule has 3 rings (SSSR count). The van der Waals surface area contributed by atoms with Crippen LogP contribution in [-0.4, -0.2) is 41.0 Å². The standard InChI is InChI=1S/C16H16BrN5/c1-21(9-12-3-2-4-13(17)7-12)14-10-22(11-14)16-15(8-18)19-5-6-20-16/h2-7,14H,9-11H2,1H3.